The third-order valence-electron chi connectivity index (χ3n) is 1.93. The van der Waals surface area contributed by atoms with E-state index in [1.807, 2.05) is 13.8 Å². The topological polar surface area (TPSA) is 39.2 Å². The van der Waals surface area contributed by atoms with Gasteiger partial charge in [0.25, 0.3) is 0 Å². The first-order valence-electron chi connectivity index (χ1n) is 4.26. The smallest absolute Gasteiger partial charge is 0.303 e. The molecular weight excluding hydrogens is 293 g/mol. The number of pyridine rings is 1. The Kier molecular flexibility index (Phi) is 3.86. The molecule has 0 fully saturated rings. The molecule has 0 amide bonds. The lowest BCUT2D eigenvalue weighted by Gasteiger charge is -2.08. The van der Waals surface area contributed by atoms with Crippen LogP contribution in [0.1, 0.15) is 23.7 Å². The summed E-state index contributed by atoms with van der Waals surface area (Å²) in [5.74, 6) is -0.276. The Morgan fingerprint density at radius 1 is 1.57 bits per heavy atom. The highest BCUT2D eigenvalue weighted by Crippen LogP contribution is 2.18. The Balaban J connectivity index is 2.88. The molecule has 14 heavy (non-hydrogen) atoms. The van der Waals surface area contributed by atoms with Gasteiger partial charge in [0.15, 0.2) is 0 Å². The zero-order valence-corrected chi connectivity index (χ0v) is 10.6. The molecule has 0 aliphatic rings. The van der Waals surface area contributed by atoms with Gasteiger partial charge in [0.1, 0.15) is 6.61 Å². The molecule has 0 spiro atoms. The van der Waals surface area contributed by atoms with E-state index in [9.17, 15) is 4.79 Å². The number of esters is 1. The van der Waals surface area contributed by atoms with Gasteiger partial charge in [-0.1, -0.05) is 0 Å². The Hall–Kier alpha value is -0.650. The minimum atomic E-state index is -0.276. The summed E-state index contributed by atoms with van der Waals surface area (Å²) in [4.78, 5) is 14.9. The van der Waals surface area contributed by atoms with Gasteiger partial charge < -0.3 is 4.74 Å². The second kappa shape index (κ2) is 4.72. The van der Waals surface area contributed by atoms with Crippen LogP contribution in [0.4, 0.5) is 0 Å². The molecular formula is C10H12INO2. The van der Waals surface area contributed by atoms with Gasteiger partial charge in [-0.3, -0.25) is 9.78 Å². The van der Waals surface area contributed by atoms with Crippen molar-refractivity contribution in [2.45, 2.75) is 27.4 Å². The molecule has 0 aliphatic heterocycles. The van der Waals surface area contributed by atoms with Crippen LogP contribution < -0.4 is 0 Å². The molecule has 1 heterocycles. The Morgan fingerprint density at radius 2 is 2.21 bits per heavy atom. The molecule has 0 aromatic carbocycles. The van der Waals surface area contributed by atoms with Gasteiger partial charge in [0, 0.05) is 16.7 Å². The van der Waals surface area contributed by atoms with Gasteiger partial charge in [0.05, 0.1) is 5.69 Å². The summed E-state index contributed by atoms with van der Waals surface area (Å²) < 4.78 is 6.08. The maximum atomic E-state index is 10.6. The van der Waals surface area contributed by atoms with Crippen LogP contribution in [0.5, 0.6) is 0 Å². The number of aryl methyl sites for hydroxylation is 1. The van der Waals surface area contributed by atoms with E-state index in [1.165, 1.54) is 10.5 Å². The molecule has 0 bridgehead atoms. The van der Waals surface area contributed by atoms with Crippen molar-refractivity contribution in [2.75, 3.05) is 0 Å². The summed E-state index contributed by atoms with van der Waals surface area (Å²) >= 11 is 2.27. The average molecular weight is 305 g/mol. The fourth-order valence-corrected chi connectivity index (χ4v) is 1.52. The van der Waals surface area contributed by atoms with E-state index >= 15 is 0 Å². The first-order chi connectivity index (χ1) is 6.52. The van der Waals surface area contributed by atoms with Crippen LogP contribution in [-0.4, -0.2) is 11.0 Å². The quantitative estimate of drug-likeness (QED) is 0.622. The van der Waals surface area contributed by atoms with E-state index in [0.717, 1.165) is 16.8 Å². The first kappa shape index (κ1) is 11.4. The lowest BCUT2D eigenvalue weighted by atomic mass is 10.2. The highest BCUT2D eigenvalue weighted by atomic mass is 127. The Labute approximate surface area is 97.0 Å². The van der Waals surface area contributed by atoms with E-state index in [-0.39, 0.29) is 12.6 Å². The average Bonchev–Trinajstić information content (AvgIpc) is 2.13. The third-order valence-corrected chi connectivity index (χ3v) is 3.59. The fourth-order valence-electron chi connectivity index (χ4n) is 1.07. The molecule has 0 saturated heterocycles. The van der Waals surface area contributed by atoms with E-state index < -0.39 is 0 Å². The standard InChI is InChI=1S/C10H12INO2/c1-6-4-12-9(5-14-8(3)13)7(2)10(6)11/h4H,5H2,1-3H3. The van der Waals surface area contributed by atoms with E-state index in [1.54, 1.807) is 6.20 Å². The van der Waals surface area contributed by atoms with Crippen molar-refractivity contribution in [3.05, 3.63) is 26.6 Å². The molecule has 0 atom stereocenters. The largest absolute Gasteiger partial charge is 0.459 e. The van der Waals surface area contributed by atoms with Gasteiger partial charge in [-0.05, 0) is 47.6 Å². The van der Waals surface area contributed by atoms with Crippen molar-refractivity contribution in [2.24, 2.45) is 0 Å². The van der Waals surface area contributed by atoms with Crippen molar-refractivity contribution in [3.8, 4) is 0 Å². The van der Waals surface area contributed by atoms with Crippen molar-refractivity contribution < 1.29 is 9.53 Å². The number of carbonyl (C=O) groups is 1. The molecule has 0 radical (unpaired) electrons. The van der Waals surface area contributed by atoms with Crippen molar-refractivity contribution in [1.82, 2.24) is 4.98 Å². The van der Waals surface area contributed by atoms with E-state index in [0.29, 0.717) is 0 Å². The molecule has 76 valence electrons. The zero-order valence-electron chi connectivity index (χ0n) is 8.43. The van der Waals surface area contributed by atoms with Gasteiger partial charge in [-0.15, -0.1) is 0 Å². The number of ether oxygens (including phenoxy) is 1. The SMILES string of the molecule is CC(=O)OCc1ncc(C)c(I)c1C. The molecule has 1 aromatic heterocycles. The highest BCUT2D eigenvalue weighted by molar-refractivity contribution is 14.1. The van der Waals surface area contributed by atoms with Gasteiger partial charge >= 0.3 is 5.97 Å². The monoisotopic (exact) mass is 305 g/mol. The van der Waals surface area contributed by atoms with Crippen molar-refractivity contribution >= 4 is 28.6 Å². The minimum Gasteiger partial charge on any atom is -0.459 e. The molecule has 1 rings (SSSR count). The number of aromatic nitrogens is 1. The second-order valence-electron chi connectivity index (χ2n) is 3.11. The highest BCUT2D eigenvalue weighted by Gasteiger charge is 2.07. The second-order valence-corrected chi connectivity index (χ2v) is 4.19. The van der Waals surface area contributed by atoms with Crippen LogP contribution in [0, 0.1) is 17.4 Å². The number of halogens is 1. The molecule has 1 aromatic rings. The summed E-state index contributed by atoms with van der Waals surface area (Å²) in [5, 5.41) is 0. The van der Waals surface area contributed by atoms with Crippen LogP contribution in [-0.2, 0) is 16.1 Å². The molecule has 0 saturated carbocycles. The molecule has 0 unspecified atom stereocenters. The molecule has 3 nitrogen and oxygen atoms in total. The lowest BCUT2D eigenvalue weighted by molar-refractivity contribution is -0.142. The maximum Gasteiger partial charge on any atom is 0.303 e. The van der Waals surface area contributed by atoms with Crippen LogP contribution in [0.25, 0.3) is 0 Å². The Morgan fingerprint density at radius 3 is 2.79 bits per heavy atom. The summed E-state index contributed by atoms with van der Waals surface area (Å²) in [7, 11) is 0. The summed E-state index contributed by atoms with van der Waals surface area (Å²) in [6.07, 6.45) is 1.80. The van der Waals surface area contributed by atoms with E-state index in [4.69, 9.17) is 4.74 Å². The fraction of sp³-hybridized carbons (Fsp3) is 0.400. The van der Waals surface area contributed by atoms with Crippen LogP contribution in [0.15, 0.2) is 6.20 Å². The van der Waals surface area contributed by atoms with Gasteiger partial charge in [-0.25, -0.2) is 0 Å². The normalized spacial score (nSPS) is 10.0. The lowest BCUT2D eigenvalue weighted by Crippen LogP contribution is -2.04. The zero-order chi connectivity index (χ0) is 10.7. The predicted octanol–water partition coefficient (Wildman–Crippen LogP) is 2.37. The van der Waals surface area contributed by atoms with Crippen molar-refractivity contribution in [1.29, 1.82) is 0 Å². The van der Waals surface area contributed by atoms with Crippen LogP contribution >= 0.6 is 22.6 Å². The summed E-state index contributed by atoms with van der Waals surface area (Å²) in [6.45, 7) is 5.66. The number of carbonyl (C=O) groups excluding carboxylic acids is 1. The Bertz CT molecular complexity index is 363. The maximum absolute atomic E-state index is 10.6. The first-order valence-corrected chi connectivity index (χ1v) is 5.34. The summed E-state index contributed by atoms with van der Waals surface area (Å²) in [6, 6.07) is 0. The summed E-state index contributed by atoms with van der Waals surface area (Å²) in [5.41, 5.74) is 3.07. The number of nitrogens with zero attached hydrogens (tertiary/aromatic N) is 1. The number of hydrogen-bond acceptors (Lipinski definition) is 3. The van der Waals surface area contributed by atoms with Crippen molar-refractivity contribution in [3.63, 3.8) is 0 Å². The van der Waals surface area contributed by atoms with Gasteiger partial charge in [0.2, 0.25) is 0 Å². The minimum absolute atomic E-state index is 0.261. The van der Waals surface area contributed by atoms with E-state index in [2.05, 4.69) is 27.6 Å². The molecule has 0 N–H and O–H groups in total. The number of rotatable bonds is 2. The van der Waals surface area contributed by atoms with Crippen LogP contribution in [0.3, 0.4) is 0 Å². The predicted molar refractivity (Wildman–Crippen MR) is 61.9 cm³/mol. The van der Waals surface area contributed by atoms with Crippen LogP contribution in [0.2, 0.25) is 0 Å². The molecule has 4 heteroatoms. The molecule has 0 aliphatic carbocycles. The number of hydrogen-bond donors (Lipinski definition) is 0. The third kappa shape index (κ3) is 2.67. The van der Waals surface area contributed by atoms with Gasteiger partial charge in [-0.2, -0.15) is 0 Å².